The molecule has 0 amide bonds. The van der Waals surface area contributed by atoms with E-state index in [0.717, 1.165) is 24.6 Å². The summed E-state index contributed by atoms with van der Waals surface area (Å²) in [5.74, 6) is -0.941. The number of hydrogen-bond donors (Lipinski definition) is 1. The highest BCUT2D eigenvalue weighted by Gasteiger charge is 2.30. The Labute approximate surface area is 123 Å². The highest BCUT2D eigenvalue weighted by Crippen LogP contribution is 2.35. The van der Waals surface area contributed by atoms with E-state index >= 15 is 0 Å². The van der Waals surface area contributed by atoms with Crippen LogP contribution in [0.15, 0.2) is 42.5 Å². The van der Waals surface area contributed by atoms with Crippen LogP contribution in [0.5, 0.6) is 5.75 Å². The molecule has 0 aliphatic heterocycles. The minimum atomic E-state index is -1.55. The normalized spacial score (nSPS) is 13.8. The standard InChI is InChI=1S/C17H18F2O2/c1-3-8-21-16-7-5-4-6-15(16)17(2,20)12-9-13(18)11-14(19)10-12/h4-7,9-11,20H,3,8H2,1-2H3. The number of halogens is 2. The lowest BCUT2D eigenvalue weighted by molar-refractivity contribution is 0.0970. The lowest BCUT2D eigenvalue weighted by Gasteiger charge is -2.27. The minimum absolute atomic E-state index is 0.146. The molecule has 0 heterocycles. The molecule has 2 rings (SSSR count). The SMILES string of the molecule is CCCOc1ccccc1C(C)(O)c1cc(F)cc(F)c1. The smallest absolute Gasteiger partial charge is 0.126 e. The molecule has 2 nitrogen and oxygen atoms in total. The van der Waals surface area contributed by atoms with E-state index in [9.17, 15) is 13.9 Å². The number of para-hydroxylation sites is 1. The molecule has 2 aromatic rings. The maximum atomic E-state index is 13.4. The molecule has 0 saturated heterocycles. The number of ether oxygens (including phenoxy) is 1. The van der Waals surface area contributed by atoms with E-state index in [1.807, 2.05) is 6.92 Å². The molecule has 0 aromatic heterocycles. The molecule has 0 radical (unpaired) electrons. The molecule has 112 valence electrons. The van der Waals surface area contributed by atoms with Crippen LogP contribution in [-0.4, -0.2) is 11.7 Å². The largest absolute Gasteiger partial charge is 0.493 e. The molecule has 2 aromatic carbocycles. The van der Waals surface area contributed by atoms with Gasteiger partial charge in [0.25, 0.3) is 0 Å². The summed E-state index contributed by atoms with van der Waals surface area (Å²) in [5, 5.41) is 10.8. The van der Waals surface area contributed by atoms with Crippen molar-refractivity contribution < 1.29 is 18.6 Å². The maximum Gasteiger partial charge on any atom is 0.126 e. The Balaban J connectivity index is 2.47. The van der Waals surface area contributed by atoms with Crippen molar-refractivity contribution in [3.63, 3.8) is 0 Å². The maximum absolute atomic E-state index is 13.4. The third kappa shape index (κ3) is 3.39. The van der Waals surface area contributed by atoms with Crippen molar-refractivity contribution in [2.24, 2.45) is 0 Å². The average Bonchev–Trinajstić information content (AvgIpc) is 2.44. The van der Waals surface area contributed by atoms with Crippen molar-refractivity contribution in [1.82, 2.24) is 0 Å². The van der Waals surface area contributed by atoms with Crippen LogP contribution in [0.1, 0.15) is 31.4 Å². The molecule has 0 aliphatic carbocycles. The van der Waals surface area contributed by atoms with Gasteiger partial charge in [0.2, 0.25) is 0 Å². The van der Waals surface area contributed by atoms with Gasteiger partial charge < -0.3 is 9.84 Å². The van der Waals surface area contributed by atoms with E-state index in [0.29, 0.717) is 17.9 Å². The van der Waals surface area contributed by atoms with E-state index in [-0.39, 0.29) is 5.56 Å². The van der Waals surface area contributed by atoms with E-state index in [1.165, 1.54) is 6.92 Å². The highest BCUT2D eigenvalue weighted by molar-refractivity contribution is 5.44. The van der Waals surface area contributed by atoms with Crippen LogP contribution in [0.3, 0.4) is 0 Å². The third-order valence-electron chi connectivity index (χ3n) is 3.30. The second-order valence-corrected chi connectivity index (χ2v) is 5.07. The van der Waals surface area contributed by atoms with E-state index < -0.39 is 17.2 Å². The Morgan fingerprint density at radius 2 is 1.71 bits per heavy atom. The van der Waals surface area contributed by atoms with Crippen LogP contribution in [0.4, 0.5) is 8.78 Å². The molecule has 0 fully saturated rings. The molecule has 0 saturated carbocycles. The predicted octanol–water partition coefficient (Wildman–Crippen LogP) is 4.01. The summed E-state index contributed by atoms with van der Waals surface area (Å²) in [7, 11) is 0. The monoisotopic (exact) mass is 292 g/mol. The third-order valence-corrected chi connectivity index (χ3v) is 3.30. The highest BCUT2D eigenvalue weighted by atomic mass is 19.1. The lowest BCUT2D eigenvalue weighted by Crippen LogP contribution is -2.24. The van der Waals surface area contributed by atoms with Crippen LogP contribution < -0.4 is 4.74 Å². The first-order valence-electron chi connectivity index (χ1n) is 6.86. The molecular formula is C17H18F2O2. The Hall–Kier alpha value is -1.94. The van der Waals surface area contributed by atoms with Crippen molar-refractivity contribution in [2.45, 2.75) is 25.9 Å². The van der Waals surface area contributed by atoms with Gasteiger partial charge in [0.15, 0.2) is 0 Å². The lowest BCUT2D eigenvalue weighted by atomic mass is 9.87. The van der Waals surface area contributed by atoms with Gasteiger partial charge in [-0.3, -0.25) is 0 Å². The number of rotatable bonds is 5. The van der Waals surface area contributed by atoms with Crippen molar-refractivity contribution in [3.8, 4) is 5.75 Å². The van der Waals surface area contributed by atoms with Crippen molar-refractivity contribution in [2.75, 3.05) is 6.61 Å². The average molecular weight is 292 g/mol. The van der Waals surface area contributed by atoms with Gasteiger partial charge in [-0.2, -0.15) is 0 Å². The Morgan fingerprint density at radius 3 is 2.33 bits per heavy atom. The van der Waals surface area contributed by atoms with E-state index in [2.05, 4.69) is 0 Å². The van der Waals surface area contributed by atoms with Gasteiger partial charge in [-0.25, -0.2) is 8.78 Å². The second kappa shape index (κ2) is 6.22. The fourth-order valence-electron chi connectivity index (χ4n) is 2.20. The van der Waals surface area contributed by atoms with Gasteiger partial charge in [0, 0.05) is 11.6 Å². The first-order chi connectivity index (χ1) is 9.95. The summed E-state index contributed by atoms with van der Waals surface area (Å²) in [5.41, 5.74) is -0.927. The molecule has 4 heteroatoms. The first-order valence-corrected chi connectivity index (χ1v) is 6.86. The summed E-state index contributed by atoms with van der Waals surface area (Å²) in [4.78, 5) is 0. The Bertz CT molecular complexity index is 604. The number of hydrogen-bond acceptors (Lipinski definition) is 2. The molecule has 1 atom stereocenters. The van der Waals surface area contributed by atoms with Crippen LogP contribution >= 0.6 is 0 Å². The van der Waals surface area contributed by atoms with Crippen molar-refractivity contribution in [3.05, 3.63) is 65.2 Å². The molecular weight excluding hydrogens is 274 g/mol. The van der Waals surface area contributed by atoms with Gasteiger partial charge in [0.1, 0.15) is 23.0 Å². The quantitative estimate of drug-likeness (QED) is 0.902. The van der Waals surface area contributed by atoms with Crippen molar-refractivity contribution in [1.29, 1.82) is 0 Å². The molecule has 1 N–H and O–H groups in total. The van der Waals surface area contributed by atoms with Gasteiger partial charge in [-0.1, -0.05) is 25.1 Å². The summed E-state index contributed by atoms with van der Waals surface area (Å²) in [6, 6.07) is 9.98. The molecule has 1 unspecified atom stereocenters. The Kier molecular flexibility index (Phi) is 4.58. The molecule has 0 aliphatic rings. The van der Waals surface area contributed by atoms with Crippen LogP contribution in [0.2, 0.25) is 0 Å². The van der Waals surface area contributed by atoms with Crippen LogP contribution in [-0.2, 0) is 5.60 Å². The van der Waals surface area contributed by atoms with E-state index in [1.54, 1.807) is 24.3 Å². The minimum Gasteiger partial charge on any atom is -0.493 e. The summed E-state index contributed by atoms with van der Waals surface area (Å²) < 4.78 is 32.4. The fraction of sp³-hybridized carbons (Fsp3) is 0.294. The number of aliphatic hydroxyl groups is 1. The van der Waals surface area contributed by atoms with Crippen LogP contribution in [0, 0.1) is 11.6 Å². The topological polar surface area (TPSA) is 29.5 Å². The zero-order chi connectivity index (χ0) is 15.5. The second-order valence-electron chi connectivity index (χ2n) is 5.07. The summed E-state index contributed by atoms with van der Waals surface area (Å²) >= 11 is 0. The van der Waals surface area contributed by atoms with Gasteiger partial charge in [0.05, 0.1) is 6.61 Å². The van der Waals surface area contributed by atoms with Gasteiger partial charge in [-0.15, -0.1) is 0 Å². The van der Waals surface area contributed by atoms with E-state index in [4.69, 9.17) is 4.74 Å². The fourth-order valence-corrected chi connectivity index (χ4v) is 2.20. The molecule has 0 spiro atoms. The summed E-state index contributed by atoms with van der Waals surface area (Å²) in [6.07, 6.45) is 0.824. The predicted molar refractivity (Wildman–Crippen MR) is 77.3 cm³/mol. The summed E-state index contributed by atoms with van der Waals surface area (Å²) in [6.45, 7) is 3.97. The first kappa shape index (κ1) is 15.4. The molecule has 21 heavy (non-hydrogen) atoms. The van der Waals surface area contributed by atoms with Crippen molar-refractivity contribution >= 4 is 0 Å². The zero-order valence-corrected chi connectivity index (χ0v) is 12.1. The number of benzene rings is 2. The Morgan fingerprint density at radius 1 is 1.10 bits per heavy atom. The zero-order valence-electron chi connectivity index (χ0n) is 12.1. The van der Waals surface area contributed by atoms with Crippen LogP contribution in [0.25, 0.3) is 0 Å². The van der Waals surface area contributed by atoms with Gasteiger partial charge in [-0.05, 0) is 37.1 Å². The van der Waals surface area contributed by atoms with Gasteiger partial charge >= 0.3 is 0 Å². The molecule has 0 bridgehead atoms.